The summed E-state index contributed by atoms with van der Waals surface area (Å²) in [5, 5.41) is 0.101. The normalized spacial score (nSPS) is 11.7. The maximum Gasteiger partial charge on any atom is 0.237 e. The second-order valence-corrected chi connectivity index (χ2v) is 5.33. The van der Waals surface area contributed by atoms with Crippen LogP contribution < -0.4 is 9.47 Å². The Morgan fingerprint density at radius 3 is 2.43 bits per heavy atom. The molecule has 0 N–H and O–H groups in total. The maximum absolute atomic E-state index is 10.8. The lowest BCUT2D eigenvalue weighted by Gasteiger charge is -2.10. The highest BCUT2D eigenvalue weighted by Crippen LogP contribution is 2.26. The van der Waals surface area contributed by atoms with E-state index in [1.165, 1.54) is 0 Å². The molecule has 2 rings (SSSR count). The van der Waals surface area contributed by atoms with Crippen LogP contribution in [0.25, 0.3) is 0 Å². The molecule has 2 aromatic rings. The summed E-state index contributed by atoms with van der Waals surface area (Å²) >= 11 is 5.86. The smallest absolute Gasteiger partial charge is 0.237 e. The average Bonchev–Trinajstić information content (AvgIpc) is 2.49. The monoisotopic (exact) mass is 303 g/mol. The van der Waals surface area contributed by atoms with Crippen molar-refractivity contribution >= 4 is 17.9 Å². The molecule has 0 aliphatic carbocycles. The molecular formula is C17H16ClO3. The molecule has 0 bridgehead atoms. The van der Waals surface area contributed by atoms with Gasteiger partial charge in [-0.15, -0.1) is 11.6 Å². The van der Waals surface area contributed by atoms with Gasteiger partial charge in [0.1, 0.15) is 17.2 Å². The molecule has 1 atom stereocenters. The Morgan fingerprint density at radius 2 is 1.76 bits per heavy atom. The fourth-order valence-electron chi connectivity index (χ4n) is 1.71. The Balaban J connectivity index is 1.97. The van der Waals surface area contributed by atoms with Gasteiger partial charge < -0.3 is 9.47 Å². The highest BCUT2D eigenvalue weighted by Gasteiger charge is 2.04. The number of hydrogen-bond acceptors (Lipinski definition) is 3. The standard InChI is InChI=1S/C17H16ClO3/c1-13(18)10-11-20-15-6-8-16(9-7-15)21-17-5-3-2-4-14(17)12-19/h2-9,13H,10-11H2,1H3. The zero-order chi connectivity index (χ0) is 15.1. The van der Waals surface area contributed by atoms with Gasteiger partial charge >= 0.3 is 0 Å². The lowest BCUT2D eigenvalue weighted by atomic mass is 10.2. The first-order valence-corrected chi connectivity index (χ1v) is 7.14. The lowest BCUT2D eigenvalue weighted by molar-refractivity contribution is 0.310. The fraction of sp³-hybridized carbons (Fsp3) is 0.235. The van der Waals surface area contributed by atoms with Gasteiger partial charge in [0.15, 0.2) is 0 Å². The number of alkyl halides is 1. The Labute approximate surface area is 129 Å². The zero-order valence-electron chi connectivity index (χ0n) is 11.7. The van der Waals surface area contributed by atoms with Crippen molar-refractivity contribution in [2.75, 3.05) is 6.61 Å². The van der Waals surface area contributed by atoms with Gasteiger partial charge in [-0.2, -0.15) is 0 Å². The van der Waals surface area contributed by atoms with E-state index in [0.29, 0.717) is 23.7 Å². The van der Waals surface area contributed by atoms with E-state index in [9.17, 15) is 4.79 Å². The van der Waals surface area contributed by atoms with E-state index in [1.54, 1.807) is 36.4 Å². The predicted molar refractivity (Wildman–Crippen MR) is 83.2 cm³/mol. The molecule has 2 aromatic carbocycles. The Hall–Kier alpha value is -2.00. The number of hydrogen-bond donors (Lipinski definition) is 0. The number of benzene rings is 2. The molecule has 0 fully saturated rings. The van der Waals surface area contributed by atoms with Gasteiger partial charge in [0, 0.05) is 5.38 Å². The maximum atomic E-state index is 10.8. The van der Waals surface area contributed by atoms with Crippen LogP contribution in [-0.4, -0.2) is 18.3 Å². The van der Waals surface area contributed by atoms with E-state index in [-0.39, 0.29) is 5.38 Å². The van der Waals surface area contributed by atoms with Crippen molar-refractivity contribution in [3.63, 3.8) is 0 Å². The van der Waals surface area contributed by atoms with E-state index in [0.717, 1.165) is 12.2 Å². The molecular weight excluding hydrogens is 288 g/mol. The van der Waals surface area contributed by atoms with Crippen LogP contribution >= 0.6 is 11.6 Å². The second kappa shape index (κ2) is 7.70. The van der Waals surface area contributed by atoms with Gasteiger partial charge in [-0.1, -0.05) is 12.1 Å². The number of halogens is 1. The van der Waals surface area contributed by atoms with Crippen LogP contribution in [0.1, 0.15) is 18.9 Å². The number of carbonyl (C=O) groups excluding carboxylic acids is 1. The molecule has 1 unspecified atom stereocenters. The summed E-state index contributed by atoms with van der Waals surface area (Å²) in [6, 6.07) is 14.2. The Kier molecular flexibility index (Phi) is 5.64. The molecule has 21 heavy (non-hydrogen) atoms. The second-order valence-electron chi connectivity index (χ2n) is 4.59. The molecule has 1 radical (unpaired) electrons. The third-order valence-corrected chi connectivity index (χ3v) is 3.05. The summed E-state index contributed by atoms with van der Waals surface area (Å²) < 4.78 is 11.2. The van der Waals surface area contributed by atoms with Crippen molar-refractivity contribution in [3.05, 3.63) is 54.1 Å². The summed E-state index contributed by atoms with van der Waals surface area (Å²) in [6.45, 7) is 2.51. The average molecular weight is 304 g/mol. The van der Waals surface area contributed by atoms with Crippen LogP contribution in [0.15, 0.2) is 48.5 Å². The van der Waals surface area contributed by atoms with Gasteiger partial charge in [0.25, 0.3) is 0 Å². The first-order chi connectivity index (χ1) is 10.2. The molecule has 4 heteroatoms. The van der Waals surface area contributed by atoms with Gasteiger partial charge in [0.2, 0.25) is 6.29 Å². The van der Waals surface area contributed by atoms with Crippen molar-refractivity contribution in [3.8, 4) is 17.2 Å². The van der Waals surface area contributed by atoms with E-state index >= 15 is 0 Å². The van der Waals surface area contributed by atoms with Crippen LogP contribution in [-0.2, 0) is 4.79 Å². The number of para-hydroxylation sites is 1. The van der Waals surface area contributed by atoms with E-state index in [1.807, 2.05) is 25.3 Å². The summed E-state index contributed by atoms with van der Waals surface area (Å²) in [5.74, 6) is 1.88. The molecule has 3 nitrogen and oxygen atoms in total. The van der Waals surface area contributed by atoms with Crippen LogP contribution in [0.3, 0.4) is 0 Å². The van der Waals surface area contributed by atoms with Crippen molar-refractivity contribution in [2.45, 2.75) is 18.7 Å². The molecule has 109 valence electrons. The van der Waals surface area contributed by atoms with Crippen molar-refractivity contribution in [1.29, 1.82) is 0 Å². The SMILES string of the molecule is CC(Cl)CCOc1ccc(Oc2ccccc2[C]=O)cc1. The Bertz CT molecular complexity index is 579. The molecule has 0 saturated heterocycles. The summed E-state index contributed by atoms with van der Waals surface area (Å²) in [7, 11) is 0. The summed E-state index contributed by atoms with van der Waals surface area (Å²) in [6.07, 6.45) is 2.65. The Morgan fingerprint density at radius 1 is 1.10 bits per heavy atom. The first kappa shape index (κ1) is 15.4. The van der Waals surface area contributed by atoms with Gasteiger partial charge in [0.05, 0.1) is 12.2 Å². The molecule has 0 aliphatic heterocycles. The largest absolute Gasteiger partial charge is 0.494 e. The highest BCUT2D eigenvalue weighted by atomic mass is 35.5. The fourth-order valence-corrected chi connectivity index (χ4v) is 1.80. The van der Waals surface area contributed by atoms with Crippen molar-refractivity contribution in [2.24, 2.45) is 0 Å². The number of rotatable bonds is 7. The topological polar surface area (TPSA) is 35.5 Å². The van der Waals surface area contributed by atoms with Crippen molar-refractivity contribution < 1.29 is 14.3 Å². The quantitative estimate of drug-likeness (QED) is 0.714. The van der Waals surface area contributed by atoms with E-state index in [2.05, 4.69) is 0 Å². The van der Waals surface area contributed by atoms with Crippen LogP contribution in [0.4, 0.5) is 0 Å². The van der Waals surface area contributed by atoms with Crippen LogP contribution in [0, 0.1) is 0 Å². The number of ether oxygens (including phenoxy) is 2. The summed E-state index contributed by atoms with van der Waals surface area (Å²) in [4.78, 5) is 10.8. The minimum atomic E-state index is 0.101. The molecule has 0 aromatic heterocycles. The molecule has 0 aliphatic rings. The van der Waals surface area contributed by atoms with Crippen molar-refractivity contribution in [1.82, 2.24) is 0 Å². The molecule has 0 amide bonds. The summed E-state index contributed by atoms with van der Waals surface area (Å²) in [5.41, 5.74) is 0.397. The van der Waals surface area contributed by atoms with Crippen LogP contribution in [0.2, 0.25) is 0 Å². The third kappa shape index (κ3) is 4.80. The minimum absolute atomic E-state index is 0.101. The van der Waals surface area contributed by atoms with Gasteiger partial charge in [-0.25, -0.2) is 0 Å². The molecule has 0 heterocycles. The van der Waals surface area contributed by atoms with Gasteiger partial charge in [-0.05, 0) is 49.7 Å². The lowest BCUT2D eigenvalue weighted by Crippen LogP contribution is -2.02. The molecule has 0 spiro atoms. The predicted octanol–water partition coefficient (Wildman–Crippen LogP) is 4.33. The first-order valence-electron chi connectivity index (χ1n) is 6.71. The zero-order valence-corrected chi connectivity index (χ0v) is 12.5. The van der Waals surface area contributed by atoms with Crippen LogP contribution in [0.5, 0.6) is 17.2 Å². The third-order valence-electron chi connectivity index (χ3n) is 2.83. The highest BCUT2D eigenvalue weighted by molar-refractivity contribution is 6.20. The molecule has 0 saturated carbocycles. The van der Waals surface area contributed by atoms with Gasteiger partial charge in [-0.3, -0.25) is 4.79 Å². The van der Waals surface area contributed by atoms with E-state index in [4.69, 9.17) is 21.1 Å². The van der Waals surface area contributed by atoms with E-state index < -0.39 is 0 Å². The minimum Gasteiger partial charge on any atom is -0.494 e.